The fourth-order valence-electron chi connectivity index (χ4n) is 2.11. The van der Waals surface area contributed by atoms with Gasteiger partial charge in [-0.25, -0.2) is 0 Å². The zero-order valence-electron chi connectivity index (χ0n) is 9.98. The summed E-state index contributed by atoms with van der Waals surface area (Å²) in [5.41, 5.74) is 2.41. The standard InChI is InChI=1S/C15H10N2O2/c18-17(19)15-10-13(11-6-2-1-3-7-11)12-8-4-5-9-14(12)16-15/h1-10H. The molecule has 3 aromatic rings. The smallest absolute Gasteiger partial charge is 0.358 e. The average Bonchev–Trinajstić information content (AvgIpc) is 2.47. The van der Waals surface area contributed by atoms with Gasteiger partial charge in [0, 0.05) is 17.0 Å². The van der Waals surface area contributed by atoms with Crippen molar-refractivity contribution >= 4 is 16.7 Å². The molecule has 0 radical (unpaired) electrons. The van der Waals surface area contributed by atoms with Crippen LogP contribution in [0.25, 0.3) is 22.0 Å². The van der Waals surface area contributed by atoms with Crippen molar-refractivity contribution in [1.29, 1.82) is 0 Å². The van der Waals surface area contributed by atoms with Crippen molar-refractivity contribution in [2.45, 2.75) is 0 Å². The van der Waals surface area contributed by atoms with Gasteiger partial charge in [-0.3, -0.25) is 0 Å². The largest absolute Gasteiger partial charge is 0.364 e. The van der Waals surface area contributed by atoms with Gasteiger partial charge < -0.3 is 10.1 Å². The minimum absolute atomic E-state index is 0.127. The summed E-state index contributed by atoms with van der Waals surface area (Å²) in [7, 11) is 0. The minimum Gasteiger partial charge on any atom is -0.358 e. The fourth-order valence-corrected chi connectivity index (χ4v) is 2.11. The van der Waals surface area contributed by atoms with Crippen LogP contribution in [-0.2, 0) is 0 Å². The number of benzene rings is 2. The molecular formula is C15H10N2O2. The summed E-state index contributed by atoms with van der Waals surface area (Å²) in [5.74, 6) is -0.127. The first-order chi connectivity index (χ1) is 9.25. The van der Waals surface area contributed by atoms with E-state index in [1.807, 2.05) is 48.5 Å². The summed E-state index contributed by atoms with van der Waals surface area (Å²) in [6.45, 7) is 0. The summed E-state index contributed by atoms with van der Waals surface area (Å²) < 4.78 is 0. The maximum Gasteiger partial charge on any atom is 0.364 e. The first-order valence-electron chi connectivity index (χ1n) is 5.85. The van der Waals surface area contributed by atoms with Crippen molar-refractivity contribution in [3.63, 3.8) is 0 Å². The van der Waals surface area contributed by atoms with Crippen LogP contribution in [-0.4, -0.2) is 9.91 Å². The van der Waals surface area contributed by atoms with Crippen molar-refractivity contribution in [1.82, 2.24) is 4.98 Å². The van der Waals surface area contributed by atoms with E-state index in [-0.39, 0.29) is 5.82 Å². The Balaban J connectivity index is 2.36. The molecule has 0 amide bonds. The van der Waals surface area contributed by atoms with Gasteiger partial charge in [0.1, 0.15) is 0 Å². The lowest BCUT2D eigenvalue weighted by Crippen LogP contribution is -1.94. The lowest BCUT2D eigenvalue weighted by molar-refractivity contribution is -0.389. The van der Waals surface area contributed by atoms with Crippen LogP contribution >= 0.6 is 0 Å². The molecule has 4 nitrogen and oxygen atoms in total. The molecule has 19 heavy (non-hydrogen) atoms. The van der Waals surface area contributed by atoms with E-state index in [1.165, 1.54) is 6.07 Å². The first kappa shape index (κ1) is 11.3. The summed E-state index contributed by atoms with van der Waals surface area (Å²) in [5, 5.41) is 11.9. The van der Waals surface area contributed by atoms with E-state index in [2.05, 4.69) is 4.98 Å². The molecule has 0 aliphatic carbocycles. The van der Waals surface area contributed by atoms with E-state index in [0.717, 1.165) is 16.5 Å². The maximum absolute atomic E-state index is 11.0. The van der Waals surface area contributed by atoms with Crippen LogP contribution in [0.4, 0.5) is 5.82 Å². The molecule has 0 bridgehead atoms. The zero-order chi connectivity index (χ0) is 13.2. The molecule has 0 saturated carbocycles. The number of nitrogens with zero attached hydrogens (tertiary/aromatic N) is 2. The van der Waals surface area contributed by atoms with Gasteiger partial charge in [-0.2, -0.15) is 0 Å². The predicted molar refractivity (Wildman–Crippen MR) is 73.8 cm³/mol. The molecule has 0 N–H and O–H groups in total. The lowest BCUT2D eigenvalue weighted by atomic mass is 10.0. The molecule has 1 aromatic heterocycles. The van der Waals surface area contributed by atoms with Gasteiger partial charge in [0.2, 0.25) is 0 Å². The third-order valence-corrected chi connectivity index (χ3v) is 2.97. The van der Waals surface area contributed by atoms with Crippen LogP contribution < -0.4 is 0 Å². The minimum atomic E-state index is -0.459. The highest BCUT2D eigenvalue weighted by atomic mass is 16.6. The number of nitro groups is 1. The van der Waals surface area contributed by atoms with Crippen molar-refractivity contribution in [2.75, 3.05) is 0 Å². The Labute approximate surface area is 109 Å². The molecule has 0 saturated heterocycles. The quantitative estimate of drug-likeness (QED) is 0.513. The molecular weight excluding hydrogens is 240 g/mol. The zero-order valence-corrected chi connectivity index (χ0v) is 9.98. The van der Waals surface area contributed by atoms with Gasteiger partial charge in [0.15, 0.2) is 5.52 Å². The van der Waals surface area contributed by atoms with Crippen LogP contribution in [0.1, 0.15) is 0 Å². The number of hydrogen-bond acceptors (Lipinski definition) is 3. The topological polar surface area (TPSA) is 56.0 Å². The molecule has 0 aliphatic rings. The Kier molecular flexibility index (Phi) is 2.68. The van der Waals surface area contributed by atoms with E-state index >= 15 is 0 Å². The van der Waals surface area contributed by atoms with E-state index in [4.69, 9.17) is 0 Å². The second kappa shape index (κ2) is 4.49. The third kappa shape index (κ3) is 2.04. The SMILES string of the molecule is O=[N+]([O-])c1cc(-c2ccccc2)c2ccccc2n1. The van der Waals surface area contributed by atoms with Crippen molar-refractivity contribution in [2.24, 2.45) is 0 Å². The molecule has 0 atom stereocenters. The molecule has 3 rings (SSSR count). The Morgan fingerprint density at radius 2 is 1.63 bits per heavy atom. The molecule has 4 heteroatoms. The molecule has 0 fully saturated rings. The van der Waals surface area contributed by atoms with Crippen LogP contribution in [0, 0.1) is 10.1 Å². The Morgan fingerprint density at radius 3 is 2.37 bits per heavy atom. The Morgan fingerprint density at radius 1 is 0.947 bits per heavy atom. The predicted octanol–water partition coefficient (Wildman–Crippen LogP) is 3.81. The second-order valence-corrected chi connectivity index (χ2v) is 4.17. The Bertz CT molecular complexity index is 754. The molecule has 92 valence electrons. The summed E-state index contributed by atoms with van der Waals surface area (Å²) in [6.07, 6.45) is 0. The number of hydrogen-bond donors (Lipinski definition) is 0. The normalized spacial score (nSPS) is 10.5. The summed E-state index contributed by atoms with van der Waals surface area (Å²) in [4.78, 5) is 14.6. The maximum atomic E-state index is 11.0. The fraction of sp³-hybridized carbons (Fsp3) is 0. The van der Waals surface area contributed by atoms with Gasteiger partial charge in [-0.1, -0.05) is 42.5 Å². The molecule has 0 spiro atoms. The van der Waals surface area contributed by atoms with Crippen molar-refractivity contribution in [3.8, 4) is 11.1 Å². The molecule has 0 aliphatic heterocycles. The monoisotopic (exact) mass is 250 g/mol. The highest BCUT2D eigenvalue weighted by Crippen LogP contribution is 2.30. The molecule has 1 heterocycles. The van der Waals surface area contributed by atoms with Crippen molar-refractivity contribution in [3.05, 3.63) is 70.8 Å². The number of aromatic nitrogens is 1. The molecule has 2 aromatic carbocycles. The van der Waals surface area contributed by atoms with Crippen LogP contribution in [0.2, 0.25) is 0 Å². The first-order valence-corrected chi connectivity index (χ1v) is 5.85. The van der Waals surface area contributed by atoms with Crippen LogP contribution in [0.3, 0.4) is 0 Å². The van der Waals surface area contributed by atoms with Crippen LogP contribution in [0.15, 0.2) is 60.7 Å². The van der Waals surface area contributed by atoms with Gasteiger partial charge in [0.05, 0.1) is 0 Å². The molecule has 0 unspecified atom stereocenters. The van der Waals surface area contributed by atoms with E-state index in [1.54, 1.807) is 6.07 Å². The van der Waals surface area contributed by atoms with Gasteiger partial charge >= 0.3 is 5.82 Å². The van der Waals surface area contributed by atoms with Gasteiger partial charge in [0.25, 0.3) is 0 Å². The highest BCUT2D eigenvalue weighted by molar-refractivity contribution is 5.95. The number of rotatable bonds is 2. The van der Waals surface area contributed by atoms with E-state index < -0.39 is 4.92 Å². The van der Waals surface area contributed by atoms with Gasteiger partial charge in [-0.05, 0) is 27.6 Å². The summed E-state index contributed by atoms with van der Waals surface area (Å²) in [6, 6.07) is 18.6. The number of para-hydroxylation sites is 1. The van der Waals surface area contributed by atoms with E-state index in [9.17, 15) is 10.1 Å². The second-order valence-electron chi connectivity index (χ2n) is 4.17. The highest BCUT2D eigenvalue weighted by Gasteiger charge is 2.15. The number of pyridine rings is 1. The summed E-state index contributed by atoms with van der Waals surface area (Å²) >= 11 is 0. The van der Waals surface area contributed by atoms with Crippen molar-refractivity contribution < 1.29 is 4.92 Å². The Hall–Kier alpha value is -2.75. The van der Waals surface area contributed by atoms with Crippen LogP contribution in [0.5, 0.6) is 0 Å². The number of fused-ring (bicyclic) bond motifs is 1. The third-order valence-electron chi connectivity index (χ3n) is 2.97. The average molecular weight is 250 g/mol. The lowest BCUT2D eigenvalue weighted by Gasteiger charge is -2.04. The van der Waals surface area contributed by atoms with E-state index in [0.29, 0.717) is 5.52 Å². The van der Waals surface area contributed by atoms with Gasteiger partial charge in [-0.15, -0.1) is 0 Å².